The second kappa shape index (κ2) is 4.80. The molecule has 0 amide bonds. The molecular weight excluding hydrogens is 293 g/mol. The van der Waals surface area contributed by atoms with Crippen LogP contribution in [0.1, 0.15) is 37.6 Å². The van der Waals surface area contributed by atoms with Crippen molar-refractivity contribution in [3.8, 4) is 5.69 Å². The molecule has 0 radical (unpaired) electrons. The maximum Gasteiger partial charge on any atom is 0.0812 e. The Balaban J connectivity index is 2.13. The fraction of sp³-hybridized carbons (Fsp3) is 0.375. The predicted octanol–water partition coefficient (Wildman–Crippen LogP) is 4.79. The van der Waals surface area contributed by atoms with Crippen molar-refractivity contribution in [3.63, 3.8) is 0 Å². The lowest BCUT2D eigenvalue weighted by Crippen LogP contribution is -2.26. The second-order valence-electron chi connectivity index (χ2n) is 6.24. The number of aliphatic hydroxyl groups is 1. The smallest absolute Gasteiger partial charge is 0.0812 e. The zero-order chi connectivity index (χ0) is 14.5. The van der Waals surface area contributed by atoms with Crippen LogP contribution in [0.2, 0.25) is 10.0 Å². The Kier molecular flexibility index (Phi) is 3.36. The van der Waals surface area contributed by atoms with Crippen LogP contribution >= 0.6 is 23.2 Å². The zero-order valence-electron chi connectivity index (χ0n) is 11.5. The molecule has 1 heterocycles. The van der Waals surface area contributed by atoms with Gasteiger partial charge in [0.25, 0.3) is 0 Å². The third kappa shape index (κ3) is 2.37. The number of nitrogens with zero attached hydrogens (tertiary/aromatic N) is 1. The highest BCUT2D eigenvalue weighted by Crippen LogP contribution is 2.42. The third-order valence-electron chi connectivity index (χ3n) is 3.95. The average Bonchev–Trinajstić information content (AvgIpc) is 2.71. The summed E-state index contributed by atoms with van der Waals surface area (Å²) in [5.41, 5.74) is 3.14. The van der Waals surface area contributed by atoms with E-state index in [1.165, 1.54) is 0 Å². The topological polar surface area (TPSA) is 25.2 Å². The van der Waals surface area contributed by atoms with Crippen molar-refractivity contribution in [3.05, 3.63) is 51.8 Å². The van der Waals surface area contributed by atoms with E-state index >= 15 is 0 Å². The standard InChI is InChI=1S/C16H17Cl2NO/c1-16(2)8-14-11(15(20)9-16)5-6-19(14)13-4-3-10(17)7-12(13)18/h3-7,15,20H,8-9H2,1-2H3. The third-order valence-corrected chi connectivity index (χ3v) is 4.49. The summed E-state index contributed by atoms with van der Waals surface area (Å²) in [6, 6.07) is 7.48. The average molecular weight is 310 g/mol. The fourth-order valence-corrected chi connectivity index (χ4v) is 3.53. The lowest BCUT2D eigenvalue weighted by Gasteiger charge is -2.34. The van der Waals surface area contributed by atoms with Gasteiger partial charge in [-0.1, -0.05) is 37.0 Å². The maximum absolute atomic E-state index is 10.3. The van der Waals surface area contributed by atoms with Crippen molar-refractivity contribution in [2.45, 2.75) is 32.8 Å². The van der Waals surface area contributed by atoms with Gasteiger partial charge in [-0.2, -0.15) is 0 Å². The van der Waals surface area contributed by atoms with Gasteiger partial charge in [-0.25, -0.2) is 0 Å². The molecule has 1 N–H and O–H groups in total. The lowest BCUT2D eigenvalue weighted by molar-refractivity contribution is 0.0987. The first kappa shape index (κ1) is 14.0. The largest absolute Gasteiger partial charge is 0.388 e. The van der Waals surface area contributed by atoms with E-state index in [1.807, 2.05) is 24.4 Å². The van der Waals surface area contributed by atoms with Gasteiger partial charge >= 0.3 is 0 Å². The van der Waals surface area contributed by atoms with Gasteiger partial charge in [-0.3, -0.25) is 0 Å². The SMILES string of the molecule is CC1(C)Cc2c(ccn2-c2ccc(Cl)cc2Cl)C(O)C1. The molecule has 0 saturated carbocycles. The molecule has 1 aromatic heterocycles. The van der Waals surface area contributed by atoms with Gasteiger partial charge in [-0.05, 0) is 42.5 Å². The number of halogens is 2. The van der Waals surface area contributed by atoms with Gasteiger partial charge in [0, 0.05) is 22.5 Å². The number of fused-ring (bicyclic) bond motifs is 1. The van der Waals surface area contributed by atoms with Crippen molar-refractivity contribution in [1.29, 1.82) is 0 Å². The van der Waals surface area contributed by atoms with Crippen LogP contribution in [-0.2, 0) is 6.42 Å². The van der Waals surface area contributed by atoms with E-state index in [1.54, 1.807) is 6.07 Å². The summed E-state index contributed by atoms with van der Waals surface area (Å²) in [5, 5.41) is 11.5. The summed E-state index contributed by atoms with van der Waals surface area (Å²) in [6.45, 7) is 4.36. The van der Waals surface area contributed by atoms with E-state index in [0.717, 1.165) is 29.8 Å². The van der Waals surface area contributed by atoms with Gasteiger partial charge in [0.2, 0.25) is 0 Å². The number of hydrogen-bond acceptors (Lipinski definition) is 1. The molecule has 1 atom stereocenters. The van der Waals surface area contributed by atoms with E-state index < -0.39 is 6.10 Å². The van der Waals surface area contributed by atoms with Crippen molar-refractivity contribution < 1.29 is 5.11 Å². The van der Waals surface area contributed by atoms with Crippen molar-refractivity contribution >= 4 is 23.2 Å². The molecule has 0 fully saturated rings. The monoisotopic (exact) mass is 309 g/mol. The molecule has 1 aliphatic rings. The molecule has 106 valence electrons. The number of benzene rings is 1. The highest BCUT2D eigenvalue weighted by atomic mass is 35.5. The van der Waals surface area contributed by atoms with Crippen LogP contribution in [0, 0.1) is 5.41 Å². The minimum atomic E-state index is -0.402. The Bertz CT molecular complexity index is 660. The molecule has 0 saturated heterocycles. The number of hydrogen-bond donors (Lipinski definition) is 1. The van der Waals surface area contributed by atoms with Crippen LogP contribution in [0.5, 0.6) is 0 Å². The highest BCUT2D eigenvalue weighted by Gasteiger charge is 2.33. The first-order valence-corrected chi connectivity index (χ1v) is 7.47. The van der Waals surface area contributed by atoms with Crippen molar-refractivity contribution in [2.75, 3.05) is 0 Å². The van der Waals surface area contributed by atoms with Gasteiger partial charge in [0.05, 0.1) is 16.8 Å². The Labute approximate surface area is 128 Å². The Hall–Kier alpha value is -0.960. The van der Waals surface area contributed by atoms with Crippen LogP contribution in [0.25, 0.3) is 5.69 Å². The van der Waals surface area contributed by atoms with E-state index in [0.29, 0.717) is 10.0 Å². The molecule has 1 aliphatic carbocycles. The van der Waals surface area contributed by atoms with Gasteiger partial charge in [0.1, 0.15) is 0 Å². The van der Waals surface area contributed by atoms with E-state index in [9.17, 15) is 5.11 Å². The fourth-order valence-electron chi connectivity index (χ4n) is 3.03. The first-order valence-electron chi connectivity index (χ1n) is 6.71. The minimum Gasteiger partial charge on any atom is -0.388 e. The second-order valence-corrected chi connectivity index (χ2v) is 7.09. The summed E-state index contributed by atoms with van der Waals surface area (Å²) in [7, 11) is 0. The number of aromatic nitrogens is 1. The van der Waals surface area contributed by atoms with E-state index in [-0.39, 0.29) is 5.41 Å². The van der Waals surface area contributed by atoms with Crippen LogP contribution in [-0.4, -0.2) is 9.67 Å². The quantitative estimate of drug-likeness (QED) is 0.805. The normalized spacial score (nSPS) is 20.8. The summed E-state index contributed by atoms with van der Waals surface area (Å²) in [6.07, 6.45) is 3.29. The molecule has 1 unspecified atom stereocenters. The maximum atomic E-state index is 10.3. The van der Waals surface area contributed by atoms with Crippen molar-refractivity contribution in [1.82, 2.24) is 4.57 Å². The van der Waals surface area contributed by atoms with Crippen LogP contribution in [0.15, 0.2) is 30.5 Å². The Morgan fingerprint density at radius 3 is 2.70 bits per heavy atom. The van der Waals surface area contributed by atoms with Crippen LogP contribution in [0.4, 0.5) is 0 Å². The van der Waals surface area contributed by atoms with Crippen LogP contribution in [0.3, 0.4) is 0 Å². The van der Waals surface area contributed by atoms with Gasteiger partial charge in [-0.15, -0.1) is 0 Å². The molecule has 0 aliphatic heterocycles. The molecule has 0 bridgehead atoms. The van der Waals surface area contributed by atoms with Gasteiger partial charge in [0.15, 0.2) is 0 Å². The van der Waals surface area contributed by atoms with E-state index in [2.05, 4.69) is 18.4 Å². The molecule has 1 aromatic carbocycles. The molecule has 3 rings (SSSR count). The minimum absolute atomic E-state index is 0.0847. The van der Waals surface area contributed by atoms with E-state index in [4.69, 9.17) is 23.2 Å². The predicted molar refractivity (Wildman–Crippen MR) is 82.9 cm³/mol. The summed E-state index contributed by atoms with van der Waals surface area (Å²) in [5.74, 6) is 0. The molecule has 0 spiro atoms. The first-order chi connectivity index (χ1) is 9.37. The van der Waals surface area contributed by atoms with Crippen molar-refractivity contribution in [2.24, 2.45) is 5.41 Å². The summed E-state index contributed by atoms with van der Waals surface area (Å²) >= 11 is 12.3. The molecule has 2 nitrogen and oxygen atoms in total. The molecule has 20 heavy (non-hydrogen) atoms. The van der Waals surface area contributed by atoms with Crippen LogP contribution < -0.4 is 0 Å². The Morgan fingerprint density at radius 2 is 2.00 bits per heavy atom. The Morgan fingerprint density at radius 1 is 1.25 bits per heavy atom. The van der Waals surface area contributed by atoms with Gasteiger partial charge < -0.3 is 9.67 Å². The summed E-state index contributed by atoms with van der Waals surface area (Å²) < 4.78 is 2.07. The lowest BCUT2D eigenvalue weighted by atomic mass is 9.75. The highest BCUT2D eigenvalue weighted by molar-refractivity contribution is 6.35. The molecule has 2 aromatic rings. The number of aliphatic hydroxyl groups excluding tert-OH is 1. The zero-order valence-corrected chi connectivity index (χ0v) is 13.0. The molecular formula is C16H17Cl2NO. The summed E-state index contributed by atoms with van der Waals surface area (Å²) in [4.78, 5) is 0. The number of rotatable bonds is 1. The molecule has 4 heteroatoms.